The number of nitrogens with one attached hydrogen (secondary N) is 1. The van der Waals surface area contributed by atoms with Gasteiger partial charge in [-0.1, -0.05) is 0 Å². The lowest BCUT2D eigenvalue weighted by atomic mass is 9.99. The third kappa shape index (κ3) is 1.57. The predicted octanol–water partition coefficient (Wildman–Crippen LogP) is 0.751. The maximum atomic E-state index is 12.0. The molecule has 0 spiro atoms. The van der Waals surface area contributed by atoms with Crippen molar-refractivity contribution in [2.45, 2.75) is 38.1 Å². The zero-order valence-electron chi connectivity index (χ0n) is 8.31. The van der Waals surface area contributed by atoms with Crippen molar-refractivity contribution in [3.05, 3.63) is 0 Å². The summed E-state index contributed by atoms with van der Waals surface area (Å²) >= 11 is 0. The lowest BCUT2D eigenvalue weighted by Crippen LogP contribution is -2.52. The molecule has 2 rings (SSSR count). The second-order valence-electron chi connectivity index (χ2n) is 4.36. The first kappa shape index (κ1) is 9.00. The number of carbonyl (C=O) groups excluding carboxylic acids is 1. The quantitative estimate of drug-likeness (QED) is 0.649. The van der Waals surface area contributed by atoms with Crippen LogP contribution in [0, 0.1) is 0 Å². The van der Waals surface area contributed by atoms with E-state index in [9.17, 15) is 4.79 Å². The minimum atomic E-state index is -0.246. The summed E-state index contributed by atoms with van der Waals surface area (Å²) < 4.78 is 0. The van der Waals surface area contributed by atoms with Crippen LogP contribution in [0.15, 0.2) is 0 Å². The van der Waals surface area contributed by atoms with Crippen molar-refractivity contribution < 1.29 is 4.79 Å². The Balaban J connectivity index is 2.02. The topological polar surface area (TPSA) is 32.3 Å². The van der Waals surface area contributed by atoms with E-state index in [1.807, 2.05) is 11.8 Å². The minimum Gasteiger partial charge on any atom is -0.341 e. The Morgan fingerprint density at radius 3 is 2.54 bits per heavy atom. The number of nitrogens with zero attached hydrogens (tertiary/aromatic N) is 1. The first-order chi connectivity index (χ1) is 6.22. The van der Waals surface area contributed by atoms with Crippen LogP contribution in [0.3, 0.4) is 0 Å². The summed E-state index contributed by atoms with van der Waals surface area (Å²) in [4.78, 5) is 14.0. The molecule has 1 unspecified atom stereocenters. The van der Waals surface area contributed by atoms with Crippen LogP contribution < -0.4 is 5.32 Å². The number of likely N-dealkylation sites (tertiary alicyclic amines) is 1. The Hall–Kier alpha value is -0.570. The van der Waals surface area contributed by atoms with Crippen LogP contribution in [0.4, 0.5) is 0 Å². The molecule has 2 aliphatic rings. The fourth-order valence-electron chi connectivity index (χ4n) is 2.35. The maximum Gasteiger partial charge on any atom is 0.242 e. The number of hydrogen-bond acceptors (Lipinski definition) is 2. The Morgan fingerprint density at radius 1 is 1.31 bits per heavy atom. The van der Waals surface area contributed by atoms with Crippen LogP contribution in [0.1, 0.15) is 32.6 Å². The van der Waals surface area contributed by atoms with E-state index in [1.54, 1.807) is 0 Å². The molecule has 0 saturated carbocycles. The van der Waals surface area contributed by atoms with E-state index in [0.29, 0.717) is 5.91 Å². The van der Waals surface area contributed by atoms with E-state index < -0.39 is 0 Å². The van der Waals surface area contributed by atoms with Crippen LogP contribution in [0.25, 0.3) is 0 Å². The van der Waals surface area contributed by atoms with Gasteiger partial charge in [0.25, 0.3) is 0 Å². The minimum absolute atomic E-state index is 0.246. The molecule has 0 aromatic heterocycles. The second-order valence-corrected chi connectivity index (χ2v) is 4.36. The Labute approximate surface area is 79.5 Å². The highest BCUT2D eigenvalue weighted by atomic mass is 16.2. The molecule has 2 saturated heterocycles. The molecular weight excluding hydrogens is 164 g/mol. The number of carbonyl (C=O) groups is 1. The molecule has 1 amide bonds. The van der Waals surface area contributed by atoms with Crippen LogP contribution >= 0.6 is 0 Å². The highest BCUT2D eigenvalue weighted by Gasteiger charge is 2.39. The molecule has 0 aromatic carbocycles. The smallest absolute Gasteiger partial charge is 0.242 e. The molecule has 0 aliphatic carbocycles. The van der Waals surface area contributed by atoms with Crippen LogP contribution in [0.2, 0.25) is 0 Å². The standard InChI is InChI=1S/C10H18N2O/c1-10(5-4-6-11-10)9(13)12-7-2-3-8-12/h11H,2-8H2,1H3. The van der Waals surface area contributed by atoms with Crippen LogP contribution in [-0.4, -0.2) is 36.0 Å². The summed E-state index contributed by atoms with van der Waals surface area (Å²) in [6.07, 6.45) is 4.50. The van der Waals surface area contributed by atoms with Gasteiger partial charge in [-0.3, -0.25) is 4.79 Å². The Kier molecular flexibility index (Phi) is 2.28. The fourth-order valence-corrected chi connectivity index (χ4v) is 2.35. The molecule has 2 heterocycles. The molecule has 3 heteroatoms. The zero-order chi connectivity index (χ0) is 9.31. The molecule has 0 radical (unpaired) electrons. The molecule has 0 aromatic rings. The summed E-state index contributed by atoms with van der Waals surface area (Å²) in [5.41, 5.74) is -0.246. The SMILES string of the molecule is CC1(C(=O)N2CCCC2)CCCN1. The third-order valence-electron chi connectivity index (χ3n) is 3.23. The van der Waals surface area contributed by atoms with E-state index in [-0.39, 0.29) is 5.54 Å². The van der Waals surface area contributed by atoms with Crippen molar-refractivity contribution in [2.75, 3.05) is 19.6 Å². The molecule has 0 bridgehead atoms. The highest BCUT2D eigenvalue weighted by Crippen LogP contribution is 2.23. The summed E-state index contributed by atoms with van der Waals surface area (Å²) in [5.74, 6) is 0.322. The third-order valence-corrected chi connectivity index (χ3v) is 3.23. The Bertz CT molecular complexity index is 203. The van der Waals surface area contributed by atoms with E-state index >= 15 is 0 Å². The van der Waals surface area contributed by atoms with Gasteiger partial charge in [-0.25, -0.2) is 0 Å². The van der Waals surface area contributed by atoms with E-state index in [4.69, 9.17) is 0 Å². The van der Waals surface area contributed by atoms with Crippen molar-refractivity contribution in [1.29, 1.82) is 0 Å². The van der Waals surface area contributed by atoms with Crippen LogP contribution in [-0.2, 0) is 4.79 Å². The average Bonchev–Trinajstić information content (AvgIpc) is 2.73. The van der Waals surface area contributed by atoms with Gasteiger partial charge in [-0.15, -0.1) is 0 Å². The molecule has 3 nitrogen and oxygen atoms in total. The molecule has 1 atom stereocenters. The van der Waals surface area contributed by atoms with Crippen LogP contribution in [0.5, 0.6) is 0 Å². The van der Waals surface area contributed by atoms with Gasteiger partial charge in [0.05, 0.1) is 5.54 Å². The number of rotatable bonds is 1. The molecule has 2 aliphatic heterocycles. The normalized spacial score (nSPS) is 34.1. The van der Waals surface area contributed by atoms with Crippen molar-refractivity contribution in [2.24, 2.45) is 0 Å². The first-order valence-electron chi connectivity index (χ1n) is 5.27. The van der Waals surface area contributed by atoms with E-state index in [1.165, 1.54) is 12.8 Å². The van der Waals surface area contributed by atoms with Crippen molar-refractivity contribution >= 4 is 5.91 Å². The zero-order valence-corrected chi connectivity index (χ0v) is 8.31. The molecule has 2 fully saturated rings. The fraction of sp³-hybridized carbons (Fsp3) is 0.900. The lowest BCUT2D eigenvalue weighted by molar-refractivity contribution is -0.136. The summed E-state index contributed by atoms with van der Waals surface area (Å²) in [6.45, 7) is 4.98. The second kappa shape index (κ2) is 3.29. The Morgan fingerprint density at radius 2 is 2.00 bits per heavy atom. The summed E-state index contributed by atoms with van der Waals surface area (Å²) in [5, 5.41) is 3.32. The monoisotopic (exact) mass is 182 g/mol. The number of amides is 1. The van der Waals surface area contributed by atoms with Gasteiger partial charge in [0.1, 0.15) is 0 Å². The van der Waals surface area contributed by atoms with Crippen molar-refractivity contribution in [3.63, 3.8) is 0 Å². The van der Waals surface area contributed by atoms with E-state index in [0.717, 1.165) is 32.5 Å². The van der Waals surface area contributed by atoms with Gasteiger partial charge < -0.3 is 10.2 Å². The van der Waals surface area contributed by atoms with Crippen molar-refractivity contribution in [1.82, 2.24) is 10.2 Å². The van der Waals surface area contributed by atoms with Gasteiger partial charge in [0, 0.05) is 13.1 Å². The van der Waals surface area contributed by atoms with Gasteiger partial charge in [0.15, 0.2) is 0 Å². The maximum absolute atomic E-state index is 12.0. The van der Waals surface area contributed by atoms with Crippen molar-refractivity contribution in [3.8, 4) is 0 Å². The molecule has 74 valence electrons. The summed E-state index contributed by atoms with van der Waals surface area (Å²) in [6, 6.07) is 0. The summed E-state index contributed by atoms with van der Waals surface area (Å²) in [7, 11) is 0. The first-order valence-corrected chi connectivity index (χ1v) is 5.27. The van der Waals surface area contributed by atoms with Gasteiger partial charge in [-0.2, -0.15) is 0 Å². The molecule has 1 N–H and O–H groups in total. The lowest BCUT2D eigenvalue weighted by Gasteiger charge is -2.28. The average molecular weight is 182 g/mol. The van der Waals surface area contributed by atoms with Gasteiger partial charge in [-0.05, 0) is 39.2 Å². The molecule has 13 heavy (non-hydrogen) atoms. The highest BCUT2D eigenvalue weighted by molar-refractivity contribution is 5.86. The molecular formula is C10H18N2O. The van der Waals surface area contributed by atoms with E-state index in [2.05, 4.69) is 5.32 Å². The van der Waals surface area contributed by atoms with Gasteiger partial charge in [0.2, 0.25) is 5.91 Å². The predicted molar refractivity (Wildman–Crippen MR) is 51.5 cm³/mol. The largest absolute Gasteiger partial charge is 0.341 e. The van der Waals surface area contributed by atoms with Gasteiger partial charge >= 0.3 is 0 Å². The number of hydrogen-bond donors (Lipinski definition) is 1.